The number of hydrogen-bond donors (Lipinski definition) is 2. The molecule has 1 aliphatic carbocycles. The predicted molar refractivity (Wildman–Crippen MR) is 146 cm³/mol. The third-order valence-corrected chi connectivity index (χ3v) is 8.32. The summed E-state index contributed by atoms with van der Waals surface area (Å²) in [5.41, 5.74) is -0.721. The number of nitro groups is 1. The molecule has 1 spiro atoms. The molecule has 2 N–H and O–H groups in total. The summed E-state index contributed by atoms with van der Waals surface area (Å²) in [5.74, 6) is -2.00. The SMILES string of the molecule is Cc1cc(C(=O)N2C[C@H](Nc3c(C(=O)N4CCN(CC(F)(F)F)C(=O)C4)cc(Br)cc3[N+](=O)[O-])C3(CC3)C2)cc(=O)[nH]1. The summed E-state index contributed by atoms with van der Waals surface area (Å²) in [7, 11) is 0. The highest BCUT2D eigenvalue weighted by Gasteiger charge is 2.56. The van der Waals surface area contributed by atoms with Crippen molar-refractivity contribution in [1.82, 2.24) is 19.7 Å². The summed E-state index contributed by atoms with van der Waals surface area (Å²) in [6.45, 7) is -0.416. The zero-order chi connectivity index (χ0) is 30.6. The van der Waals surface area contributed by atoms with Crippen LogP contribution in [0, 0.1) is 22.5 Å². The summed E-state index contributed by atoms with van der Waals surface area (Å²) in [6.07, 6.45) is -3.13. The minimum Gasteiger partial charge on any atom is -0.374 e. The molecule has 0 bridgehead atoms. The Kier molecular flexibility index (Phi) is 7.53. The Bertz CT molecular complexity index is 1540. The molecule has 3 amide bonds. The van der Waals surface area contributed by atoms with Gasteiger partial charge in [0, 0.05) is 59.5 Å². The highest BCUT2D eigenvalue weighted by molar-refractivity contribution is 9.10. The van der Waals surface area contributed by atoms with Crippen LogP contribution in [0.5, 0.6) is 0 Å². The number of aromatic amines is 1. The van der Waals surface area contributed by atoms with E-state index >= 15 is 0 Å². The van der Waals surface area contributed by atoms with E-state index in [9.17, 15) is 42.5 Å². The van der Waals surface area contributed by atoms with Crippen LogP contribution in [0.4, 0.5) is 24.5 Å². The van der Waals surface area contributed by atoms with Gasteiger partial charge in [0.25, 0.3) is 17.5 Å². The molecule has 1 aromatic heterocycles. The number of aryl methyl sites for hydroxylation is 1. The van der Waals surface area contributed by atoms with Gasteiger partial charge in [-0.1, -0.05) is 15.9 Å². The van der Waals surface area contributed by atoms with Gasteiger partial charge in [0.05, 0.1) is 16.5 Å². The fraction of sp³-hybridized carbons (Fsp3) is 0.462. The van der Waals surface area contributed by atoms with Crippen molar-refractivity contribution in [2.75, 3.05) is 44.6 Å². The monoisotopic (exact) mass is 654 g/mol. The Balaban J connectivity index is 1.41. The lowest BCUT2D eigenvalue weighted by molar-refractivity contribution is -0.384. The maximum atomic E-state index is 13.6. The minimum atomic E-state index is -4.59. The van der Waals surface area contributed by atoms with E-state index in [1.54, 1.807) is 17.9 Å². The molecule has 42 heavy (non-hydrogen) atoms. The fourth-order valence-electron chi connectivity index (χ4n) is 5.65. The smallest absolute Gasteiger partial charge is 0.374 e. The van der Waals surface area contributed by atoms with Crippen LogP contribution >= 0.6 is 15.9 Å². The first-order valence-corrected chi connectivity index (χ1v) is 13.8. The second-order valence-electron chi connectivity index (χ2n) is 10.9. The van der Waals surface area contributed by atoms with Gasteiger partial charge in [-0.15, -0.1) is 0 Å². The Morgan fingerprint density at radius 3 is 2.45 bits per heavy atom. The molecule has 2 aromatic rings. The second-order valence-corrected chi connectivity index (χ2v) is 11.8. The average molecular weight is 655 g/mol. The van der Waals surface area contributed by atoms with Gasteiger partial charge in [-0.25, -0.2) is 0 Å². The number of rotatable bonds is 6. The molecule has 1 saturated carbocycles. The number of halogens is 4. The van der Waals surface area contributed by atoms with Crippen molar-refractivity contribution in [3.8, 4) is 0 Å². The predicted octanol–water partition coefficient (Wildman–Crippen LogP) is 2.92. The van der Waals surface area contributed by atoms with E-state index in [4.69, 9.17) is 0 Å². The number of nitrogens with one attached hydrogen (secondary N) is 2. The van der Waals surface area contributed by atoms with Gasteiger partial charge in [-0.2, -0.15) is 13.2 Å². The summed E-state index contributed by atoms with van der Waals surface area (Å²) >= 11 is 3.19. The summed E-state index contributed by atoms with van der Waals surface area (Å²) in [5, 5.41) is 15.2. The molecule has 3 heterocycles. The molecule has 0 unspecified atom stereocenters. The number of nitrogens with zero attached hydrogens (tertiary/aromatic N) is 4. The summed E-state index contributed by atoms with van der Waals surface area (Å²) < 4.78 is 38.7. The molecule has 1 aromatic carbocycles. The first-order valence-electron chi connectivity index (χ1n) is 13.0. The number of piperazine rings is 1. The Morgan fingerprint density at radius 2 is 1.86 bits per heavy atom. The van der Waals surface area contributed by atoms with Gasteiger partial charge in [-0.05, 0) is 31.9 Å². The van der Waals surface area contributed by atoms with E-state index in [-0.39, 0.29) is 46.8 Å². The van der Waals surface area contributed by atoms with Crippen molar-refractivity contribution in [3.63, 3.8) is 0 Å². The average Bonchev–Trinajstić information content (AvgIpc) is 3.58. The fourth-order valence-corrected chi connectivity index (χ4v) is 6.09. The van der Waals surface area contributed by atoms with Gasteiger partial charge in [0.15, 0.2) is 0 Å². The first-order chi connectivity index (χ1) is 19.7. The van der Waals surface area contributed by atoms with E-state index in [2.05, 4.69) is 26.2 Å². The van der Waals surface area contributed by atoms with E-state index in [1.807, 2.05) is 0 Å². The van der Waals surface area contributed by atoms with E-state index in [1.165, 1.54) is 18.2 Å². The number of aromatic nitrogens is 1. The van der Waals surface area contributed by atoms with Gasteiger partial charge < -0.3 is 25.0 Å². The third-order valence-electron chi connectivity index (χ3n) is 7.86. The third kappa shape index (κ3) is 5.98. The number of likely N-dealkylation sites (tertiary alicyclic amines) is 1. The number of alkyl halides is 3. The Morgan fingerprint density at radius 1 is 1.14 bits per heavy atom. The topological polar surface area (TPSA) is 149 Å². The second kappa shape index (κ2) is 10.7. The maximum Gasteiger partial charge on any atom is 0.406 e. The minimum absolute atomic E-state index is 0.101. The maximum absolute atomic E-state index is 13.6. The van der Waals surface area contributed by atoms with Gasteiger partial charge >= 0.3 is 6.18 Å². The van der Waals surface area contributed by atoms with Crippen LogP contribution in [-0.2, 0) is 4.79 Å². The highest BCUT2D eigenvalue weighted by Crippen LogP contribution is 2.54. The lowest BCUT2D eigenvalue weighted by Gasteiger charge is -2.35. The molecule has 224 valence electrons. The van der Waals surface area contributed by atoms with Crippen LogP contribution < -0.4 is 10.9 Å². The van der Waals surface area contributed by atoms with Crippen LogP contribution in [0.25, 0.3) is 0 Å². The molecular weight excluding hydrogens is 629 g/mol. The molecule has 3 fully saturated rings. The number of nitro benzene ring substituents is 1. The number of carbonyl (C=O) groups excluding carboxylic acids is 3. The lowest BCUT2D eigenvalue weighted by atomic mass is 9.99. The number of amides is 3. The van der Waals surface area contributed by atoms with Gasteiger partial charge in [-0.3, -0.25) is 29.3 Å². The van der Waals surface area contributed by atoms with Crippen LogP contribution in [0.2, 0.25) is 0 Å². The van der Waals surface area contributed by atoms with Crippen molar-refractivity contribution >= 4 is 45.0 Å². The molecule has 16 heteroatoms. The van der Waals surface area contributed by atoms with E-state index in [0.29, 0.717) is 17.1 Å². The van der Waals surface area contributed by atoms with Crippen molar-refractivity contribution < 1.29 is 32.5 Å². The molecule has 2 aliphatic heterocycles. The van der Waals surface area contributed by atoms with Crippen molar-refractivity contribution in [3.05, 3.63) is 66.0 Å². The molecule has 5 rings (SSSR count). The highest BCUT2D eigenvalue weighted by atomic mass is 79.9. The number of hydrogen-bond acceptors (Lipinski definition) is 7. The van der Waals surface area contributed by atoms with Gasteiger partial charge in [0.2, 0.25) is 11.5 Å². The molecule has 3 aliphatic rings. The summed E-state index contributed by atoms with van der Waals surface area (Å²) in [4.78, 5) is 68.5. The normalized spacial score (nSPS) is 19.8. The van der Waals surface area contributed by atoms with Crippen LogP contribution in [0.3, 0.4) is 0 Å². The number of pyridine rings is 1. The standard InChI is InChI=1S/C26H26BrF3N6O6/c1-14-6-15(7-20(37)31-14)23(39)35-10-19(25(12-35)2-3-25)32-22-17(8-16(27)9-18(22)36(41)42)24(40)33-4-5-34(21(38)11-33)13-26(28,29)30/h6-9,19,32H,2-5,10-13H2,1H3,(H,31,37)/t19-/m0/s1. The van der Waals surface area contributed by atoms with E-state index < -0.39 is 58.7 Å². The van der Waals surface area contributed by atoms with Crippen LogP contribution in [0.1, 0.15) is 39.3 Å². The van der Waals surface area contributed by atoms with Gasteiger partial charge in [0.1, 0.15) is 18.8 Å². The van der Waals surface area contributed by atoms with Crippen molar-refractivity contribution in [2.45, 2.75) is 32.0 Å². The molecule has 0 radical (unpaired) electrons. The van der Waals surface area contributed by atoms with Crippen molar-refractivity contribution in [2.24, 2.45) is 5.41 Å². The first kappa shape index (κ1) is 29.5. The Labute approximate surface area is 245 Å². The number of anilines is 1. The number of benzene rings is 1. The molecule has 2 saturated heterocycles. The largest absolute Gasteiger partial charge is 0.406 e. The zero-order valence-corrected chi connectivity index (χ0v) is 23.9. The number of H-pyrrole nitrogens is 1. The van der Waals surface area contributed by atoms with Crippen LogP contribution in [-0.4, -0.2) is 93.8 Å². The number of carbonyl (C=O) groups is 3. The molecule has 1 atom stereocenters. The van der Waals surface area contributed by atoms with Crippen LogP contribution in [0.15, 0.2) is 33.5 Å². The van der Waals surface area contributed by atoms with Crippen molar-refractivity contribution in [1.29, 1.82) is 0 Å². The zero-order valence-electron chi connectivity index (χ0n) is 22.3. The molecule has 12 nitrogen and oxygen atoms in total. The van der Waals surface area contributed by atoms with E-state index in [0.717, 1.165) is 17.7 Å². The summed E-state index contributed by atoms with van der Waals surface area (Å²) in [6, 6.07) is 4.89. The Hall–Kier alpha value is -3.95. The molecular formula is C26H26BrF3N6O6. The lowest BCUT2D eigenvalue weighted by Crippen LogP contribution is -2.54. The quantitative estimate of drug-likeness (QED) is 0.359.